The van der Waals surface area contributed by atoms with E-state index in [1.54, 1.807) is 6.92 Å². The van der Waals surface area contributed by atoms with Crippen molar-refractivity contribution in [3.05, 3.63) is 52.0 Å². The molecule has 2 aromatic rings. The van der Waals surface area contributed by atoms with Crippen LogP contribution in [0, 0.1) is 6.92 Å². The second kappa shape index (κ2) is 8.99. The number of carbonyl (C=O) groups excluding carboxylic acids is 1. The summed E-state index contributed by atoms with van der Waals surface area (Å²) in [5.74, 6) is -0.656. The van der Waals surface area contributed by atoms with Gasteiger partial charge in [-0.05, 0) is 49.9 Å². The highest BCUT2D eigenvalue weighted by molar-refractivity contribution is 7.89. The first-order chi connectivity index (χ1) is 13.4. The first-order valence-electron chi connectivity index (χ1n) is 8.14. The fourth-order valence-electron chi connectivity index (χ4n) is 2.34. The van der Waals surface area contributed by atoms with Gasteiger partial charge < -0.3 is 5.32 Å². The van der Waals surface area contributed by atoms with Crippen molar-refractivity contribution in [3.8, 4) is 0 Å². The number of rotatable bonds is 7. The van der Waals surface area contributed by atoms with Crippen molar-refractivity contribution in [1.82, 2.24) is 9.03 Å². The Kier molecular flexibility index (Phi) is 7.31. The highest BCUT2D eigenvalue weighted by Gasteiger charge is 2.26. The van der Waals surface area contributed by atoms with Gasteiger partial charge in [0.1, 0.15) is 4.90 Å². The lowest BCUT2D eigenvalue weighted by Gasteiger charge is -2.18. The van der Waals surface area contributed by atoms with Crippen molar-refractivity contribution in [2.45, 2.75) is 16.7 Å². The van der Waals surface area contributed by atoms with E-state index in [9.17, 15) is 21.6 Å². The van der Waals surface area contributed by atoms with Crippen LogP contribution in [0.3, 0.4) is 0 Å². The number of aryl methyl sites for hydroxylation is 1. The normalized spacial score (nSPS) is 12.2. The maximum atomic E-state index is 12.7. The van der Waals surface area contributed by atoms with E-state index >= 15 is 0 Å². The van der Waals surface area contributed by atoms with Crippen molar-refractivity contribution in [3.63, 3.8) is 0 Å². The van der Waals surface area contributed by atoms with Crippen molar-refractivity contribution in [2.24, 2.45) is 0 Å². The van der Waals surface area contributed by atoms with Crippen LogP contribution in [-0.2, 0) is 24.8 Å². The van der Waals surface area contributed by atoms with Crippen LogP contribution in [0.2, 0.25) is 10.0 Å². The van der Waals surface area contributed by atoms with Crippen molar-refractivity contribution < 1.29 is 21.6 Å². The van der Waals surface area contributed by atoms with Crippen LogP contribution >= 0.6 is 23.2 Å². The summed E-state index contributed by atoms with van der Waals surface area (Å²) in [5.41, 5.74) is 0.856. The van der Waals surface area contributed by atoms with Gasteiger partial charge in [0, 0.05) is 17.8 Å². The largest absolute Gasteiger partial charge is 0.325 e. The molecule has 0 saturated carbocycles. The molecule has 0 radical (unpaired) electrons. The fraction of sp³-hybridized carbons (Fsp3) is 0.235. The van der Waals surface area contributed by atoms with Gasteiger partial charge in [0.2, 0.25) is 26.0 Å². The molecule has 2 N–H and O–H groups in total. The number of nitrogens with one attached hydrogen (secondary N) is 2. The van der Waals surface area contributed by atoms with Crippen LogP contribution in [0.15, 0.2) is 46.2 Å². The summed E-state index contributed by atoms with van der Waals surface area (Å²) in [6, 6.07) is 8.22. The molecular weight excluding hydrogens is 461 g/mol. The zero-order chi connectivity index (χ0) is 22.0. The molecule has 158 valence electrons. The molecule has 0 atom stereocenters. The van der Waals surface area contributed by atoms with Gasteiger partial charge >= 0.3 is 0 Å². The summed E-state index contributed by atoms with van der Waals surface area (Å²) in [6.45, 7) is 1.16. The Balaban J connectivity index is 2.23. The summed E-state index contributed by atoms with van der Waals surface area (Å²) < 4.78 is 52.3. The van der Waals surface area contributed by atoms with E-state index < -0.39 is 32.5 Å². The topological polar surface area (TPSA) is 113 Å². The number of nitrogens with zero attached hydrogens (tertiary/aromatic N) is 1. The van der Waals surface area contributed by atoms with Crippen molar-refractivity contribution in [2.75, 3.05) is 26.0 Å². The third kappa shape index (κ3) is 5.47. The number of amides is 1. The Morgan fingerprint density at radius 2 is 1.72 bits per heavy atom. The number of benzene rings is 2. The molecule has 0 heterocycles. The van der Waals surface area contributed by atoms with E-state index in [2.05, 4.69) is 10.0 Å². The molecular formula is C17H19Cl2N3O5S2. The predicted octanol–water partition coefficient (Wildman–Crippen LogP) is 2.47. The molecule has 0 aliphatic carbocycles. The molecule has 0 saturated heterocycles. The average Bonchev–Trinajstić information content (AvgIpc) is 2.65. The summed E-state index contributed by atoms with van der Waals surface area (Å²) in [7, 11) is -5.28. The van der Waals surface area contributed by atoms with Gasteiger partial charge in [-0.2, -0.15) is 4.31 Å². The molecule has 29 heavy (non-hydrogen) atoms. The molecule has 0 aliphatic heterocycles. The molecule has 2 rings (SSSR count). The standard InChI is InChI=1S/C17H19Cl2N3O5S2/c1-11-4-6-13(28(24,25)20-2)9-15(11)21-17(23)10-22(3)29(26,27)16-8-12(18)5-7-14(16)19/h4-9,20H,10H2,1-3H3,(H,21,23). The first-order valence-corrected chi connectivity index (χ1v) is 11.8. The minimum atomic E-state index is -4.07. The Hall–Kier alpha value is -1.69. The van der Waals surface area contributed by atoms with Crippen LogP contribution in [-0.4, -0.2) is 47.7 Å². The summed E-state index contributed by atoms with van der Waals surface area (Å²) in [5, 5.41) is 2.69. The van der Waals surface area contributed by atoms with Gasteiger partial charge in [-0.3, -0.25) is 4.79 Å². The third-order valence-corrected chi connectivity index (χ3v) is 7.94. The smallest absolute Gasteiger partial charge is 0.244 e. The van der Waals surface area contributed by atoms with Crippen LogP contribution in [0.4, 0.5) is 5.69 Å². The second-order valence-corrected chi connectivity index (χ2v) is 10.8. The lowest BCUT2D eigenvalue weighted by molar-refractivity contribution is -0.116. The molecule has 12 heteroatoms. The molecule has 0 spiro atoms. The fourth-order valence-corrected chi connectivity index (χ4v) is 4.96. The Labute approximate surface area is 179 Å². The quantitative estimate of drug-likeness (QED) is 0.632. The van der Waals surface area contributed by atoms with Gasteiger partial charge in [-0.25, -0.2) is 21.6 Å². The maximum absolute atomic E-state index is 12.7. The number of sulfonamides is 2. The Morgan fingerprint density at radius 3 is 2.34 bits per heavy atom. The average molecular weight is 480 g/mol. The Morgan fingerprint density at radius 1 is 1.07 bits per heavy atom. The maximum Gasteiger partial charge on any atom is 0.244 e. The minimum Gasteiger partial charge on any atom is -0.325 e. The van der Waals surface area contributed by atoms with E-state index in [1.165, 1.54) is 50.5 Å². The number of carbonyl (C=O) groups is 1. The third-order valence-electron chi connectivity index (χ3n) is 4.01. The van der Waals surface area contributed by atoms with Crippen molar-refractivity contribution in [1.29, 1.82) is 0 Å². The monoisotopic (exact) mass is 479 g/mol. The number of anilines is 1. The minimum absolute atomic E-state index is 0.0255. The second-order valence-electron chi connectivity index (χ2n) is 6.07. The highest BCUT2D eigenvalue weighted by atomic mass is 35.5. The first kappa shape index (κ1) is 23.6. The highest BCUT2D eigenvalue weighted by Crippen LogP contribution is 2.27. The summed E-state index contributed by atoms with van der Waals surface area (Å²) in [4.78, 5) is 12.1. The van der Waals surface area contributed by atoms with E-state index in [1.807, 2.05) is 0 Å². The molecule has 0 aromatic heterocycles. The van der Waals surface area contributed by atoms with Gasteiger partial charge in [0.25, 0.3) is 0 Å². The summed E-state index contributed by atoms with van der Waals surface area (Å²) >= 11 is 11.8. The van der Waals surface area contributed by atoms with Gasteiger partial charge in [-0.1, -0.05) is 29.3 Å². The van der Waals surface area contributed by atoms with Crippen molar-refractivity contribution >= 4 is 54.8 Å². The number of hydrogen-bond donors (Lipinski definition) is 2. The molecule has 2 aromatic carbocycles. The van der Waals surface area contributed by atoms with E-state index in [-0.39, 0.29) is 25.5 Å². The molecule has 0 fully saturated rings. The lowest BCUT2D eigenvalue weighted by atomic mass is 10.2. The molecule has 8 nitrogen and oxygen atoms in total. The molecule has 1 amide bonds. The number of halogens is 2. The molecule has 0 aliphatic rings. The zero-order valence-electron chi connectivity index (χ0n) is 15.7. The summed E-state index contributed by atoms with van der Waals surface area (Å²) in [6.07, 6.45) is 0. The zero-order valence-corrected chi connectivity index (χ0v) is 18.9. The number of hydrogen-bond acceptors (Lipinski definition) is 5. The van der Waals surface area contributed by atoms with Crippen LogP contribution in [0.1, 0.15) is 5.56 Å². The van der Waals surface area contributed by atoms with E-state index in [0.29, 0.717) is 5.56 Å². The molecule has 0 bridgehead atoms. The van der Waals surface area contributed by atoms with Gasteiger partial charge in [0.05, 0.1) is 16.5 Å². The Bertz CT molecular complexity index is 1150. The van der Waals surface area contributed by atoms with Gasteiger partial charge in [-0.15, -0.1) is 0 Å². The predicted molar refractivity (Wildman–Crippen MR) is 112 cm³/mol. The SMILES string of the molecule is CNS(=O)(=O)c1ccc(C)c(NC(=O)CN(C)S(=O)(=O)c2cc(Cl)ccc2Cl)c1. The van der Waals surface area contributed by atoms with E-state index in [4.69, 9.17) is 23.2 Å². The van der Waals surface area contributed by atoms with Crippen LogP contribution < -0.4 is 10.0 Å². The van der Waals surface area contributed by atoms with Crippen LogP contribution in [0.5, 0.6) is 0 Å². The van der Waals surface area contributed by atoms with E-state index in [0.717, 1.165) is 4.31 Å². The number of likely N-dealkylation sites (N-methyl/N-ethyl adjacent to an activating group) is 1. The molecule has 0 unspecified atom stereocenters. The van der Waals surface area contributed by atoms with Gasteiger partial charge in [0.15, 0.2) is 0 Å². The van der Waals surface area contributed by atoms with Crippen LogP contribution in [0.25, 0.3) is 0 Å². The lowest BCUT2D eigenvalue weighted by Crippen LogP contribution is -2.35.